The maximum atomic E-state index is 13.6. The highest BCUT2D eigenvalue weighted by Crippen LogP contribution is 2.17. The number of sulfonamides is 1. The summed E-state index contributed by atoms with van der Waals surface area (Å²) in [6, 6.07) is 6.42. The number of rotatable bonds is 4. The highest BCUT2D eigenvalue weighted by molar-refractivity contribution is 7.92. The zero-order valence-electron chi connectivity index (χ0n) is 11.0. The van der Waals surface area contributed by atoms with E-state index in [1.54, 1.807) is 0 Å². The Labute approximate surface area is 124 Å². The van der Waals surface area contributed by atoms with E-state index in [1.807, 2.05) is 0 Å². The number of benzene rings is 1. The summed E-state index contributed by atoms with van der Waals surface area (Å²) in [5.74, 6) is -0.539. The molecule has 0 saturated carbocycles. The standard InChI is InChI=1S/C12H9FN6O2S/c13-9-3-1-2-4-10(9)22(20,21)18-11-5-12(16-7-15-11)19-8-14-6-17-19/h1-8H,(H,15,16,18). The van der Waals surface area contributed by atoms with Crippen molar-refractivity contribution in [2.75, 3.05) is 4.72 Å². The van der Waals surface area contributed by atoms with Crippen LogP contribution in [0.4, 0.5) is 10.2 Å². The molecule has 0 aliphatic rings. The predicted octanol–water partition coefficient (Wildman–Crippen LogP) is 0.997. The van der Waals surface area contributed by atoms with Crippen molar-refractivity contribution in [3.8, 4) is 5.82 Å². The van der Waals surface area contributed by atoms with Crippen molar-refractivity contribution >= 4 is 15.8 Å². The van der Waals surface area contributed by atoms with Gasteiger partial charge in [-0.15, -0.1) is 0 Å². The summed E-state index contributed by atoms with van der Waals surface area (Å²) in [6.45, 7) is 0. The van der Waals surface area contributed by atoms with Gasteiger partial charge in [0.05, 0.1) is 0 Å². The van der Waals surface area contributed by atoms with Gasteiger partial charge in [-0.2, -0.15) is 5.10 Å². The first kappa shape index (κ1) is 14.1. The van der Waals surface area contributed by atoms with Crippen molar-refractivity contribution in [1.82, 2.24) is 24.7 Å². The molecule has 0 aliphatic carbocycles. The molecule has 0 aliphatic heterocycles. The van der Waals surface area contributed by atoms with E-state index in [4.69, 9.17) is 0 Å². The van der Waals surface area contributed by atoms with Crippen molar-refractivity contribution in [3.05, 3.63) is 55.1 Å². The van der Waals surface area contributed by atoms with E-state index in [0.29, 0.717) is 5.82 Å². The van der Waals surface area contributed by atoms with E-state index in [-0.39, 0.29) is 5.82 Å². The van der Waals surface area contributed by atoms with Crippen LogP contribution in [0.2, 0.25) is 0 Å². The molecule has 1 aromatic carbocycles. The molecule has 0 bridgehead atoms. The number of nitrogens with one attached hydrogen (secondary N) is 1. The average molecular weight is 320 g/mol. The van der Waals surface area contributed by atoms with E-state index < -0.39 is 20.7 Å². The Hall–Kier alpha value is -2.88. The highest BCUT2D eigenvalue weighted by Gasteiger charge is 2.19. The Morgan fingerprint density at radius 3 is 2.68 bits per heavy atom. The van der Waals surface area contributed by atoms with Crippen molar-refractivity contribution < 1.29 is 12.8 Å². The average Bonchev–Trinajstić information content (AvgIpc) is 3.01. The zero-order chi connectivity index (χ0) is 15.6. The minimum absolute atomic E-state index is 0.0104. The summed E-state index contributed by atoms with van der Waals surface area (Å²) >= 11 is 0. The maximum absolute atomic E-state index is 13.6. The first-order chi connectivity index (χ1) is 10.6. The third-order valence-electron chi connectivity index (χ3n) is 2.67. The summed E-state index contributed by atoms with van der Waals surface area (Å²) in [5, 5.41) is 3.87. The largest absolute Gasteiger partial charge is 0.265 e. The van der Waals surface area contributed by atoms with Crippen molar-refractivity contribution in [1.29, 1.82) is 0 Å². The lowest BCUT2D eigenvalue weighted by Crippen LogP contribution is -2.16. The third-order valence-corrected chi connectivity index (χ3v) is 4.06. The van der Waals surface area contributed by atoms with Gasteiger partial charge in [-0.05, 0) is 12.1 Å². The van der Waals surface area contributed by atoms with Gasteiger partial charge in [0.25, 0.3) is 10.0 Å². The molecular weight excluding hydrogens is 311 g/mol. The molecule has 2 aromatic heterocycles. The molecule has 10 heteroatoms. The molecule has 0 amide bonds. The van der Waals surface area contributed by atoms with Gasteiger partial charge in [0.2, 0.25) is 0 Å². The normalized spacial score (nSPS) is 11.3. The molecule has 0 radical (unpaired) electrons. The van der Waals surface area contributed by atoms with Crippen LogP contribution in [0.5, 0.6) is 0 Å². The molecule has 22 heavy (non-hydrogen) atoms. The van der Waals surface area contributed by atoms with Crippen LogP contribution in [0.15, 0.2) is 54.2 Å². The molecule has 112 valence electrons. The van der Waals surface area contributed by atoms with Crippen LogP contribution in [0.25, 0.3) is 5.82 Å². The molecule has 8 nitrogen and oxygen atoms in total. The second-order valence-electron chi connectivity index (χ2n) is 4.14. The topological polar surface area (TPSA) is 103 Å². The van der Waals surface area contributed by atoms with Gasteiger partial charge in [-0.25, -0.2) is 32.4 Å². The van der Waals surface area contributed by atoms with E-state index in [1.165, 1.54) is 35.5 Å². The first-order valence-corrected chi connectivity index (χ1v) is 7.49. The number of nitrogens with zero attached hydrogens (tertiary/aromatic N) is 5. The maximum Gasteiger partial charge on any atom is 0.265 e. The van der Waals surface area contributed by atoms with Crippen LogP contribution < -0.4 is 4.72 Å². The number of halogens is 1. The lowest BCUT2D eigenvalue weighted by molar-refractivity contribution is 0.570. The lowest BCUT2D eigenvalue weighted by atomic mass is 10.4. The molecular formula is C12H9FN6O2S. The summed E-state index contributed by atoms with van der Waals surface area (Å²) in [4.78, 5) is 11.0. The Bertz CT molecular complexity index is 897. The molecule has 0 atom stereocenters. The number of anilines is 1. The SMILES string of the molecule is O=S(=O)(Nc1cc(-n2cncn2)ncn1)c1ccccc1F. The Morgan fingerprint density at radius 1 is 1.14 bits per heavy atom. The molecule has 2 heterocycles. The lowest BCUT2D eigenvalue weighted by Gasteiger charge is -2.08. The van der Waals surface area contributed by atoms with Gasteiger partial charge in [-0.1, -0.05) is 12.1 Å². The summed E-state index contributed by atoms with van der Waals surface area (Å²) in [6.07, 6.45) is 3.87. The number of aromatic nitrogens is 5. The molecule has 3 aromatic rings. The van der Waals surface area contributed by atoms with Crippen LogP contribution in [0.1, 0.15) is 0 Å². The minimum atomic E-state index is -4.09. The third kappa shape index (κ3) is 2.76. The van der Waals surface area contributed by atoms with Gasteiger partial charge in [0.1, 0.15) is 35.5 Å². The Morgan fingerprint density at radius 2 is 1.95 bits per heavy atom. The van der Waals surface area contributed by atoms with Crippen LogP contribution in [0, 0.1) is 5.82 Å². The van der Waals surface area contributed by atoms with Gasteiger partial charge >= 0.3 is 0 Å². The van der Waals surface area contributed by atoms with Gasteiger partial charge in [0, 0.05) is 6.07 Å². The minimum Gasteiger partial charge on any atom is -0.263 e. The van der Waals surface area contributed by atoms with E-state index in [0.717, 1.165) is 18.5 Å². The molecule has 0 fully saturated rings. The molecule has 0 spiro atoms. The van der Waals surface area contributed by atoms with Crippen molar-refractivity contribution in [2.45, 2.75) is 4.90 Å². The summed E-state index contributed by atoms with van der Waals surface area (Å²) in [5.41, 5.74) is 0. The second-order valence-corrected chi connectivity index (χ2v) is 5.79. The van der Waals surface area contributed by atoms with Crippen molar-refractivity contribution in [2.24, 2.45) is 0 Å². The van der Waals surface area contributed by atoms with E-state index in [9.17, 15) is 12.8 Å². The van der Waals surface area contributed by atoms with Crippen molar-refractivity contribution in [3.63, 3.8) is 0 Å². The van der Waals surface area contributed by atoms with Crippen LogP contribution in [0.3, 0.4) is 0 Å². The van der Waals surface area contributed by atoms with E-state index >= 15 is 0 Å². The molecule has 1 N–H and O–H groups in total. The fraction of sp³-hybridized carbons (Fsp3) is 0. The number of hydrogen-bond donors (Lipinski definition) is 1. The first-order valence-electron chi connectivity index (χ1n) is 6.01. The van der Waals surface area contributed by atoms with E-state index in [2.05, 4.69) is 24.8 Å². The molecule has 0 unspecified atom stereocenters. The van der Waals surface area contributed by atoms with Crippen LogP contribution in [-0.2, 0) is 10.0 Å². The quantitative estimate of drug-likeness (QED) is 0.769. The fourth-order valence-corrected chi connectivity index (χ4v) is 2.79. The zero-order valence-corrected chi connectivity index (χ0v) is 11.8. The van der Waals surface area contributed by atoms with Gasteiger partial charge in [-0.3, -0.25) is 4.72 Å². The van der Waals surface area contributed by atoms with Crippen LogP contribution >= 0.6 is 0 Å². The highest BCUT2D eigenvalue weighted by atomic mass is 32.2. The fourth-order valence-electron chi connectivity index (χ4n) is 1.71. The molecule has 0 saturated heterocycles. The Kier molecular flexibility index (Phi) is 3.51. The van der Waals surface area contributed by atoms with Gasteiger partial charge in [0.15, 0.2) is 5.82 Å². The van der Waals surface area contributed by atoms with Crippen LogP contribution in [-0.4, -0.2) is 33.2 Å². The smallest absolute Gasteiger partial charge is 0.263 e. The summed E-state index contributed by atoms with van der Waals surface area (Å²) in [7, 11) is -4.09. The van der Waals surface area contributed by atoms with Gasteiger partial charge < -0.3 is 0 Å². The summed E-state index contributed by atoms with van der Waals surface area (Å²) < 4.78 is 41.5. The number of hydrogen-bond acceptors (Lipinski definition) is 6. The monoisotopic (exact) mass is 320 g/mol. The predicted molar refractivity (Wildman–Crippen MR) is 74.2 cm³/mol. The Balaban J connectivity index is 1.93. The molecule has 3 rings (SSSR count). The second kappa shape index (κ2) is 5.48.